The van der Waals surface area contributed by atoms with Crippen molar-refractivity contribution in [2.24, 2.45) is 5.92 Å². The molecule has 4 nitrogen and oxygen atoms in total. The predicted octanol–water partition coefficient (Wildman–Crippen LogP) is 7.91. The van der Waals surface area contributed by atoms with Crippen molar-refractivity contribution in [3.8, 4) is 11.4 Å². The molecule has 1 aromatic heterocycles. The summed E-state index contributed by atoms with van der Waals surface area (Å²) in [6.45, 7) is 0. The monoisotopic (exact) mass is 495 g/mol. The van der Waals surface area contributed by atoms with Gasteiger partial charge in [0.15, 0.2) is 0 Å². The Bertz CT molecular complexity index is 1330. The van der Waals surface area contributed by atoms with Crippen molar-refractivity contribution in [3.63, 3.8) is 0 Å². The topological polar surface area (TPSA) is 46.9 Å². The van der Waals surface area contributed by atoms with Crippen molar-refractivity contribution < 1.29 is 9.18 Å². The number of hydrogen-bond donors (Lipinski definition) is 1. The molecule has 5 rings (SSSR count). The van der Waals surface area contributed by atoms with Crippen LogP contribution in [0.4, 0.5) is 10.1 Å². The van der Waals surface area contributed by atoms with Gasteiger partial charge in [-0.2, -0.15) is 0 Å². The molecule has 1 unspecified atom stereocenters. The Balaban J connectivity index is 1.68. The van der Waals surface area contributed by atoms with E-state index >= 15 is 0 Å². The van der Waals surface area contributed by atoms with Gasteiger partial charge in [-0.3, -0.25) is 4.79 Å². The molecule has 1 amide bonds. The van der Waals surface area contributed by atoms with E-state index in [9.17, 15) is 9.18 Å². The molecule has 34 heavy (non-hydrogen) atoms. The van der Waals surface area contributed by atoms with Crippen molar-refractivity contribution >= 4 is 45.8 Å². The van der Waals surface area contributed by atoms with E-state index in [-0.39, 0.29) is 17.6 Å². The fourth-order valence-corrected chi connectivity index (χ4v) is 5.23. The third-order valence-corrected chi connectivity index (χ3v) is 7.11. The molecule has 1 fully saturated rings. The Morgan fingerprint density at radius 3 is 2.47 bits per heavy atom. The van der Waals surface area contributed by atoms with E-state index in [1.807, 2.05) is 28.8 Å². The van der Waals surface area contributed by atoms with Gasteiger partial charge in [0.2, 0.25) is 5.91 Å². The maximum atomic E-state index is 14.1. The molecule has 174 valence electrons. The number of benzene rings is 3. The first-order valence-electron chi connectivity index (χ1n) is 11.5. The van der Waals surface area contributed by atoms with Crippen LogP contribution in [0.1, 0.15) is 38.1 Å². The molecule has 1 aliphatic rings. The van der Waals surface area contributed by atoms with Crippen molar-refractivity contribution in [2.45, 2.75) is 38.1 Å². The molecule has 1 heterocycles. The highest BCUT2D eigenvalue weighted by molar-refractivity contribution is 6.33. The molecule has 1 atom stereocenters. The molecular weight excluding hydrogens is 472 g/mol. The molecule has 4 aromatic rings. The lowest BCUT2D eigenvalue weighted by molar-refractivity contribution is -0.121. The smallest absolute Gasteiger partial charge is 0.247 e. The van der Waals surface area contributed by atoms with Gasteiger partial charge >= 0.3 is 0 Å². The molecule has 0 spiro atoms. The van der Waals surface area contributed by atoms with Crippen molar-refractivity contribution in [1.29, 1.82) is 0 Å². The second kappa shape index (κ2) is 9.77. The van der Waals surface area contributed by atoms with Crippen LogP contribution in [0.15, 0.2) is 66.7 Å². The number of anilines is 1. The summed E-state index contributed by atoms with van der Waals surface area (Å²) in [5.74, 6) is 0.209. The molecule has 3 aromatic carbocycles. The van der Waals surface area contributed by atoms with E-state index in [2.05, 4.69) is 5.32 Å². The van der Waals surface area contributed by atoms with Gasteiger partial charge in [-0.1, -0.05) is 54.6 Å². The van der Waals surface area contributed by atoms with E-state index in [0.29, 0.717) is 27.1 Å². The van der Waals surface area contributed by atoms with Crippen molar-refractivity contribution in [1.82, 2.24) is 9.55 Å². The number of imidazole rings is 1. The number of nitrogens with zero attached hydrogens (tertiary/aromatic N) is 2. The van der Waals surface area contributed by atoms with E-state index < -0.39 is 6.04 Å². The number of carbonyl (C=O) groups excluding carboxylic acids is 1. The molecule has 0 bridgehead atoms. The number of hydrogen-bond acceptors (Lipinski definition) is 2. The Labute approximate surface area is 207 Å². The maximum Gasteiger partial charge on any atom is 0.247 e. The zero-order chi connectivity index (χ0) is 23.7. The number of rotatable bonds is 5. The summed E-state index contributed by atoms with van der Waals surface area (Å²) in [7, 11) is 0. The molecule has 1 aliphatic carbocycles. The summed E-state index contributed by atoms with van der Waals surface area (Å²) < 4.78 is 16.1. The molecule has 1 saturated carbocycles. The first-order valence-corrected chi connectivity index (χ1v) is 12.3. The third kappa shape index (κ3) is 4.55. The third-order valence-electron chi connectivity index (χ3n) is 6.53. The first kappa shape index (κ1) is 22.9. The van der Waals surface area contributed by atoms with Gasteiger partial charge in [-0.05, 0) is 67.3 Å². The second-order valence-corrected chi connectivity index (χ2v) is 9.60. The minimum atomic E-state index is -0.530. The largest absolute Gasteiger partial charge is 0.323 e. The maximum absolute atomic E-state index is 14.1. The minimum Gasteiger partial charge on any atom is -0.323 e. The minimum absolute atomic E-state index is 0.116. The number of carbonyl (C=O) groups is 1. The van der Waals surface area contributed by atoms with E-state index in [0.717, 1.165) is 43.2 Å². The molecule has 0 aliphatic heterocycles. The fourth-order valence-electron chi connectivity index (χ4n) is 4.92. The van der Waals surface area contributed by atoms with E-state index in [4.69, 9.17) is 28.2 Å². The van der Waals surface area contributed by atoms with Crippen LogP contribution in [-0.2, 0) is 4.79 Å². The van der Waals surface area contributed by atoms with Crippen LogP contribution in [-0.4, -0.2) is 15.5 Å². The number of halogens is 3. The van der Waals surface area contributed by atoms with Crippen LogP contribution in [0.3, 0.4) is 0 Å². The standard InChI is InChI=1S/C27H24Cl2FN3O/c28-19-12-10-18(11-13-19)26-31-23-16-20(30)14-15-24(23)33(26)25(17-6-2-1-3-7-17)27(34)32-22-9-5-4-8-21(22)29/h4-5,8-17,25H,1-3,6-7H2,(H,32,34). The van der Waals surface area contributed by atoms with Crippen molar-refractivity contribution in [3.05, 3.63) is 82.6 Å². The number of aromatic nitrogens is 2. The van der Waals surface area contributed by atoms with Gasteiger partial charge in [0, 0.05) is 16.7 Å². The van der Waals surface area contributed by atoms with Crippen LogP contribution in [0, 0.1) is 11.7 Å². The van der Waals surface area contributed by atoms with Crippen molar-refractivity contribution in [2.75, 3.05) is 5.32 Å². The van der Waals surface area contributed by atoms with Crippen LogP contribution in [0.2, 0.25) is 10.0 Å². The number of amides is 1. The van der Waals surface area contributed by atoms with Crippen LogP contribution < -0.4 is 5.32 Å². The van der Waals surface area contributed by atoms with Crippen LogP contribution >= 0.6 is 23.2 Å². The van der Waals surface area contributed by atoms with Crippen LogP contribution in [0.5, 0.6) is 0 Å². The highest BCUT2D eigenvalue weighted by atomic mass is 35.5. The zero-order valence-corrected chi connectivity index (χ0v) is 20.0. The predicted molar refractivity (Wildman–Crippen MR) is 136 cm³/mol. The highest BCUT2D eigenvalue weighted by Crippen LogP contribution is 2.39. The summed E-state index contributed by atoms with van der Waals surface area (Å²) in [5.41, 5.74) is 2.61. The molecule has 1 N–H and O–H groups in total. The summed E-state index contributed by atoms with van der Waals surface area (Å²) in [6, 6.07) is 18.5. The summed E-state index contributed by atoms with van der Waals surface area (Å²) >= 11 is 12.5. The van der Waals surface area contributed by atoms with Gasteiger partial charge in [-0.25, -0.2) is 9.37 Å². The molecule has 7 heteroatoms. The first-order chi connectivity index (χ1) is 16.5. The van der Waals surface area contributed by atoms with Gasteiger partial charge in [-0.15, -0.1) is 0 Å². The Morgan fingerprint density at radius 2 is 1.74 bits per heavy atom. The number of nitrogens with one attached hydrogen (secondary N) is 1. The van der Waals surface area contributed by atoms with Gasteiger partial charge in [0.25, 0.3) is 0 Å². The van der Waals surface area contributed by atoms with Gasteiger partial charge in [0.1, 0.15) is 17.7 Å². The fraction of sp³-hybridized carbons (Fsp3) is 0.259. The lowest BCUT2D eigenvalue weighted by Crippen LogP contribution is -2.33. The molecular formula is C27H24Cl2FN3O. The Hall–Kier alpha value is -2.89. The quantitative estimate of drug-likeness (QED) is 0.305. The average molecular weight is 496 g/mol. The molecule has 0 saturated heterocycles. The highest BCUT2D eigenvalue weighted by Gasteiger charge is 2.34. The average Bonchev–Trinajstić information content (AvgIpc) is 3.20. The van der Waals surface area contributed by atoms with E-state index in [1.165, 1.54) is 12.1 Å². The summed E-state index contributed by atoms with van der Waals surface area (Å²) in [6.07, 6.45) is 5.16. The Morgan fingerprint density at radius 1 is 1.00 bits per heavy atom. The van der Waals surface area contributed by atoms with Gasteiger partial charge < -0.3 is 9.88 Å². The summed E-state index contributed by atoms with van der Waals surface area (Å²) in [4.78, 5) is 18.7. The van der Waals surface area contributed by atoms with E-state index in [1.54, 1.807) is 30.3 Å². The lowest BCUT2D eigenvalue weighted by atomic mass is 9.83. The SMILES string of the molecule is O=C(Nc1ccccc1Cl)C(C1CCCCC1)n1c(-c2ccc(Cl)cc2)nc2cc(F)ccc21. The van der Waals surface area contributed by atoms with Crippen LogP contribution in [0.25, 0.3) is 22.4 Å². The zero-order valence-electron chi connectivity index (χ0n) is 18.5. The second-order valence-electron chi connectivity index (χ2n) is 8.76. The van der Waals surface area contributed by atoms with Gasteiger partial charge in [0.05, 0.1) is 21.7 Å². The Kier molecular flexibility index (Phi) is 6.57. The normalized spacial score (nSPS) is 15.4. The lowest BCUT2D eigenvalue weighted by Gasteiger charge is -2.32. The molecule has 0 radical (unpaired) electrons. The summed E-state index contributed by atoms with van der Waals surface area (Å²) in [5, 5.41) is 4.13. The number of para-hydroxylation sites is 1. The number of fused-ring (bicyclic) bond motifs is 1.